The van der Waals surface area contributed by atoms with E-state index in [1.807, 2.05) is 0 Å². The fraction of sp³-hybridized carbons (Fsp3) is 0.438. The van der Waals surface area contributed by atoms with Crippen molar-refractivity contribution in [3.63, 3.8) is 0 Å². The number of hydrogen-bond donors (Lipinski definition) is 1. The molecule has 0 atom stereocenters. The van der Waals surface area contributed by atoms with Crippen molar-refractivity contribution in [3.05, 3.63) is 29.8 Å². The lowest BCUT2D eigenvalue weighted by molar-refractivity contribution is -0.144. The first-order chi connectivity index (χ1) is 11.0. The SMILES string of the molecule is COCCN(CCOC)C(=O)C(=O)Nc1cccc(C(C)=O)c1. The lowest BCUT2D eigenvalue weighted by atomic mass is 10.1. The average molecular weight is 322 g/mol. The third-order valence-electron chi connectivity index (χ3n) is 3.14. The Labute approximate surface area is 135 Å². The van der Waals surface area contributed by atoms with Gasteiger partial charge in [0.05, 0.1) is 13.2 Å². The van der Waals surface area contributed by atoms with E-state index in [1.165, 1.54) is 32.1 Å². The molecule has 0 aliphatic carbocycles. The summed E-state index contributed by atoms with van der Waals surface area (Å²) in [5.74, 6) is -1.56. The van der Waals surface area contributed by atoms with Crippen LogP contribution in [0.3, 0.4) is 0 Å². The number of Topliss-reactive ketones (excluding diaryl/α,β-unsaturated/α-hetero) is 1. The van der Waals surface area contributed by atoms with Gasteiger partial charge in [0.2, 0.25) is 0 Å². The van der Waals surface area contributed by atoms with Crippen LogP contribution in [-0.4, -0.2) is 63.0 Å². The molecule has 1 aromatic rings. The molecule has 0 saturated carbocycles. The van der Waals surface area contributed by atoms with E-state index < -0.39 is 11.8 Å². The number of carbonyl (C=O) groups is 3. The van der Waals surface area contributed by atoms with Gasteiger partial charge in [-0.2, -0.15) is 0 Å². The molecule has 23 heavy (non-hydrogen) atoms. The molecule has 0 aliphatic heterocycles. The van der Waals surface area contributed by atoms with Gasteiger partial charge in [-0.3, -0.25) is 14.4 Å². The van der Waals surface area contributed by atoms with E-state index in [4.69, 9.17) is 9.47 Å². The van der Waals surface area contributed by atoms with E-state index in [2.05, 4.69) is 5.32 Å². The van der Waals surface area contributed by atoms with Crippen LogP contribution in [0.1, 0.15) is 17.3 Å². The standard InChI is InChI=1S/C16H22N2O5/c1-12(19)13-5-4-6-14(11-13)17-15(20)16(21)18(7-9-22-2)8-10-23-3/h4-6,11H,7-10H2,1-3H3,(H,17,20). The molecular formula is C16H22N2O5. The molecule has 0 radical (unpaired) electrons. The van der Waals surface area contributed by atoms with Crippen LogP contribution in [0.2, 0.25) is 0 Å². The van der Waals surface area contributed by atoms with Crippen molar-refractivity contribution >= 4 is 23.3 Å². The molecule has 1 N–H and O–H groups in total. The van der Waals surface area contributed by atoms with Crippen LogP contribution < -0.4 is 5.32 Å². The fourth-order valence-corrected chi connectivity index (χ4v) is 1.86. The number of nitrogens with one attached hydrogen (secondary N) is 1. The van der Waals surface area contributed by atoms with Crippen molar-refractivity contribution in [1.82, 2.24) is 4.90 Å². The van der Waals surface area contributed by atoms with Gasteiger partial charge in [0.25, 0.3) is 0 Å². The Morgan fingerprint density at radius 2 is 1.70 bits per heavy atom. The maximum Gasteiger partial charge on any atom is 0.313 e. The molecule has 7 heteroatoms. The summed E-state index contributed by atoms with van der Waals surface area (Å²) >= 11 is 0. The average Bonchev–Trinajstić information content (AvgIpc) is 2.54. The number of amides is 2. The number of rotatable bonds is 8. The molecule has 1 rings (SSSR count). The third kappa shape index (κ3) is 6.17. The molecule has 1 aromatic carbocycles. The number of hydrogen-bond acceptors (Lipinski definition) is 5. The monoisotopic (exact) mass is 322 g/mol. The predicted molar refractivity (Wildman–Crippen MR) is 85.4 cm³/mol. The summed E-state index contributed by atoms with van der Waals surface area (Å²) in [6, 6.07) is 6.43. The first-order valence-corrected chi connectivity index (χ1v) is 7.18. The van der Waals surface area contributed by atoms with E-state index in [0.717, 1.165) is 0 Å². The molecule has 0 bridgehead atoms. The van der Waals surface area contributed by atoms with Gasteiger partial charge >= 0.3 is 11.8 Å². The first kappa shape index (κ1) is 18.8. The predicted octanol–water partition coefficient (Wildman–Crippen LogP) is 0.949. The van der Waals surface area contributed by atoms with Crippen molar-refractivity contribution < 1.29 is 23.9 Å². The highest BCUT2D eigenvalue weighted by molar-refractivity contribution is 6.39. The van der Waals surface area contributed by atoms with Crippen LogP contribution >= 0.6 is 0 Å². The smallest absolute Gasteiger partial charge is 0.313 e. The zero-order chi connectivity index (χ0) is 17.2. The second kappa shape index (κ2) is 9.70. The Bertz CT molecular complexity index is 551. The summed E-state index contributed by atoms with van der Waals surface area (Å²) < 4.78 is 9.88. The van der Waals surface area contributed by atoms with Crippen LogP contribution in [0.5, 0.6) is 0 Å². The largest absolute Gasteiger partial charge is 0.383 e. The number of ketones is 1. The number of nitrogens with zero attached hydrogens (tertiary/aromatic N) is 1. The zero-order valence-electron chi connectivity index (χ0n) is 13.6. The van der Waals surface area contributed by atoms with Crippen LogP contribution in [0.4, 0.5) is 5.69 Å². The number of methoxy groups -OCH3 is 2. The third-order valence-corrected chi connectivity index (χ3v) is 3.14. The van der Waals surface area contributed by atoms with Crippen molar-refractivity contribution in [2.75, 3.05) is 45.8 Å². The Hall–Kier alpha value is -2.25. The Morgan fingerprint density at radius 3 is 2.22 bits per heavy atom. The van der Waals surface area contributed by atoms with Gasteiger partial charge in [-0.15, -0.1) is 0 Å². The molecule has 126 valence electrons. The number of benzene rings is 1. The summed E-state index contributed by atoms with van der Waals surface area (Å²) in [5, 5.41) is 2.51. The van der Waals surface area contributed by atoms with E-state index in [-0.39, 0.29) is 5.78 Å². The van der Waals surface area contributed by atoms with E-state index >= 15 is 0 Å². The van der Waals surface area contributed by atoms with Gasteiger partial charge in [0, 0.05) is 38.6 Å². The van der Waals surface area contributed by atoms with Crippen molar-refractivity contribution in [1.29, 1.82) is 0 Å². The summed E-state index contributed by atoms with van der Waals surface area (Å²) in [7, 11) is 3.04. The maximum atomic E-state index is 12.2. The van der Waals surface area contributed by atoms with Gasteiger partial charge in [0.1, 0.15) is 0 Å². The molecule has 0 heterocycles. The summed E-state index contributed by atoms with van der Waals surface area (Å²) in [6.45, 7) is 2.66. The maximum absolute atomic E-state index is 12.2. The lowest BCUT2D eigenvalue weighted by Gasteiger charge is -2.21. The Morgan fingerprint density at radius 1 is 1.09 bits per heavy atom. The lowest BCUT2D eigenvalue weighted by Crippen LogP contribution is -2.43. The molecule has 0 aliphatic rings. The molecule has 0 fully saturated rings. The highest BCUT2D eigenvalue weighted by atomic mass is 16.5. The quantitative estimate of drug-likeness (QED) is 0.569. The van der Waals surface area contributed by atoms with E-state index in [0.29, 0.717) is 37.6 Å². The van der Waals surface area contributed by atoms with Crippen LogP contribution in [0.25, 0.3) is 0 Å². The summed E-state index contributed by atoms with van der Waals surface area (Å²) in [6.07, 6.45) is 0. The fourth-order valence-electron chi connectivity index (χ4n) is 1.86. The normalized spacial score (nSPS) is 10.2. The highest BCUT2D eigenvalue weighted by Crippen LogP contribution is 2.11. The highest BCUT2D eigenvalue weighted by Gasteiger charge is 2.21. The van der Waals surface area contributed by atoms with E-state index in [1.54, 1.807) is 18.2 Å². The number of anilines is 1. The second-order valence-corrected chi connectivity index (χ2v) is 4.87. The second-order valence-electron chi connectivity index (χ2n) is 4.87. The topological polar surface area (TPSA) is 84.9 Å². The van der Waals surface area contributed by atoms with Gasteiger partial charge in [0.15, 0.2) is 5.78 Å². The molecule has 0 aromatic heterocycles. The van der Waals surface area contributed by atoms with Gasteiger partial charge < -0.3 is 19.7 Å². The van der Waals surface area contributed by atoms with Crippen molar-refractivity contribution in [2.45, 2.75) is 6.92 Å². The minimum Gasteiger partial charge on any atom is -0.383 e. The zero-order valence-corrected chi connectivity index (χ0v) is 13.6. The van der Waals surface area contributed by atoms with E-state index in [9.17, 15) is 14.4 Å². The number of ether oxygens (including phenoxy) is 2. The van der Waals surface area contributed by atoms with Crippen LogP contribution in [-0.2, 0) is 19.1 Å². The van der Waals surface area contributed by atoms with Gasteiger partial charge in [-0.1, -0.05) is 12.1 Å². The molecule has 2 amide bonds. The van der Waals surface area contributed by atoms with Crippen LogP contribution in [0, 0.1) is 0 Å². The molecule has 7 nitrogen and oxygen atoms in total. The first-order valence-electron chi connectivity index (χ1n) is 7.18. The summed E-state index contributed by atoms with van der Waals surface area (Å²) in [5.41, 5.74) is 0.861. The van der Waals surface area contributed by atoms with Gasteiger partial charge in [-0.25, -0.2) is 0 Å². The molecule has 0 spiro atoms. The molecule has 0 saturated heterocycles. The molecule has 0 unspecified atom stereocenters. The van der Waals surface area contributed by atoms with Crippen molar-refractivity contribution in [2.24, 2.45) is 0 Å². The Kier molecular flexibility index (Phi) is 7.93. The molecular weight excluding hydrogens is 300 g/mol. The van der Waals surface area contributed by atoms with Gasteiger partial charge in [-0.05, 0) is 19.1 Å². The van der Waals surface area contributed by atoms with Crippen LogP contribution in [0.15, 0.2) is 24.3 Å². The summed E-state index contributed by atoms with van der Waals surface area (Å²) in [4.78, 5) is 37.0. The Balaban J connectivity index is 2.74. The number of carbonyl (C=O) groups excluding carboxylic acids is 3. The van der Waals surface area contributed by atoms with Crippen molar-refractivity contribution in [3.8, 4) is 0 Å². The minimum atomic E-state index is -0.766. The minimum absolute atomic E-state index is 0.116.